The van der Waals surface area contributed by atoms with Crippen molar-refractivity contribution in [2.24, 2.45) is 11.7 Å². The molecule has 6 heteroatoms. The van der Waals surface area contributed by atoms with Gasteiger partial charge in [-0.25, -0.2) is 9.78 Å². The van der Waals surface area contributed by atoms with Gasteiger partial charge in [0, 0.05) is 24.1 Å². The largest absolute Gasteiger partial charge is 0.418 e. The Hall–Kier alpha value is -2.73. The van der Waals surface area contributed by atoms with Gasteiger partial charge in [0.05, 0.1) is 11.2 Å². The first kappa shape index (κ1) is 19.0. The van der Waals surface area contributed by atoms with Gasteiger partial charge in [-0.05, 0) is 55.0 Å². The molecule has 2 heterocycles. The van der Waals surface area contributed by atoms with Gasteiger partial charge in [-0.3, -0.25) is 10.3 Å². The molecule has 2 aromatic heterocycles. The molecule has 0 fully saturated rings. The van der Waals surface area contributed by atoms with Crippen molar-refractivity contribution in [3.05, 3.63) is 59.6 Å². The van der Waals surface area contributed by atoms with Crippen LogP contribution in [0.15, 0.2) is 48.3 Å². The maximum absolute atomic E-state index is 12.1. The van der Waals surface area contributed by atoms with Crippen molar-refractivity contribution in [3.63, 3.8) is 0 Å². The van der Waals surface area contributed by atoms with E-state index in [1.165, 1.54) is 5.57 Å². The van der Waals surface area contributed by atoms with Crippen LogP contribution in [0.1, 0.15) is 44.9 Å². The van der Waals surface area contributed by atoms with Gasteiger partial charge >= 0.3 is 6.09 Å². The Morgan fingerprint density at radius 3 is 2.78 bits per heavy atom. The number of hydrogen-bond donors (Lipinski definition) is 2. The number of pyridine rings is 2. The van der Waals surface area contributed by atoms with Crippen molar-refractivity contribution < 1.29 is 9.53 Å². The minimum absolute atomic E-state index is 0.273. The van der Waals surface area contributed by atoms with Gasteiger partial charge in [0.25, 0.3) is 0 Å². The van der Waals surface area contributed by atoms with Crippen LogP contribution >= 0.6 is 0 Å². The van der Waals surface area contributed by atoms with Crippen LogP contribution in [-0.4, -0.2) is 16.1 Å². The van der Waals surface area contributed by atoms with Gasteiger partial charge in [-0.1, -0.05) is 26.3 Å². The molecule has 27 heavy (non-hydrogen) atoms. The number of aromatic nitrogens is 2. The molecule has 1 amide bonds. The number of nitrogens with zero attached hydrogens (tertiary/aromatic N) is 2. The van der Waals surface area contributed by atoms with E-state index >= 15 is 0 Å². The predicted molar refractivity (Wildman–Crippen MR) is 106 cm³/mol. The van der Waals surface area contributed by atoms with Crippen LogP contribution in [0.25, 0.3) is 0 Å². The summed E-state index contributed by atoms with van der Waals surface area (Å²) in [5.74, 6) is 0.572. The fraction of sp³-hybridized carbons (Fsp3) is 0.381. The SMILES string of the molecule is C/C=C1\C(C)Cc2nc(OC(=O)Nc3ccncc3)ccc2C1(N)CCC. The van der Waals surface area contributed by atoms with Crippen molar-refractivity contribution in [1.82, 2.24) is 9.97 Å². The van der Waals surface area contributed by atoms with Crippen LogP contribution in [0.3, 0.4) is 0 Å². The summed E-state index contributed by atoms with van der Waals surface area (Å²) in [5.41, 5.74) is 10.1. The highest BCUT2D eigenvalue weighted by Crippen LogP contribution is 2.43. The zero-order valence-corrected chi connectivity index (χ0v) is 16.0. The Bertz CT molecular complexity index is 851. The van der Waals surface area contributed by atoms with Gasteiger partial charge in [-0.2, -0.15) is 0 Å². The molecular formula is C21H26N4O2. The van der Waals surface area contributed by atoms with Crippen LogP contribution < -0.4 is 15.8 Å². The second kappa shape index (κ2) is 7.88. The lowest BCUT2D eigenvalue weighted by Crippen LogP contribution is -2.45. The third-order valence-electron chi connectivity index (χ3n) is 5.05. The van der Waals surface area contributed by atoms with Crippen LogP contribution in [-0.2, 0) is 12.0 Å². The summed E-state index contributed by atoms with van der Waals surface area (Å²) in [6.45, 7) is 6.35. The number of fused-ring (bicyclic) bond motifs is 1. The molecule has 0 bridgehead atoms. The van der Waals surface area contributed by atoms with Gasteiger partial charge in [0.15, 0.2) is 0 Å². The van der Waals surface area contributed by atoms with Gasteiger partial charge in [0.1, 0.15) is 0 Å². The quantitative estimate of drug-likeness (QED) is 0.792. The molecule has 1 aliphatic rings. The van der Waals surface area contributed by atoms with E-state index in [1.807, 2.05) is 13.0 Å². The second-order valence-electron chi connectivity index (χ2n) is 6.96. The number of ether oxygens (including phenoxy) is 1. The maximum Gasteiger partial charge on any atom is 0.418 e. The third-order valence-corrected chi connectivity index (χ3v) is 5.05. The van der Waals surface area contributed by atoms with E-state index in [4.69, 9.17) is 10.5 Å². The van der Waals surface area contributed by atoms with E-state index in [-0.39, 0.29) is 5.88 Å². The number of hydrogen-bond acceptors (Lipinski definition) is 5. The molecule has 142 valence electrons. The Morgan fingerprint density at radius 1 is 1.37 bits per heavy atom. The van der Waals surface area contributed by atoms with E-state index in [0.29, 0.717) is 11.6 Å². The fourth-order valence-corrected chi connectivity index (χ4v) is 3.98. The van der Waals surface area contributed by atoms with E-state index in [0.717, 1.165) is 30.5 Å². The summed E-state index contributed by atoms with van der Waals surface area (Å²) < 4.78 is 5.36. The van der Waals surface area contributed by atoms with Crippen LogP contribution in [0.4, 0.5) is 10.5 Å². The number of carbonyl (C=O) groups excluding carboxylic acids is 1. The number of allylic oxidation sites excluding steroid dienone is 1. The Balaban J connectivity index is 1.84. The summed E-state index contributed by atoms with van der Waals surface area (Å²) >= 11 is 0. The zero-order chi connectivity index (χ0) is 19.4. The lowest BCUT2D eigenvalue weighted by molar-refractivity contribution is 0.213. The summed E-state index contributed by atoms with van der Waals surface area (Å²) in [6, 6.07) is 7.04. The highest BCUT2D eigenvalue weighted by molar-refractivity contribution is 5.85. The van der Waals surface area contributed by atoms with Crippen molar-refractivity contribution >= 4 is 11.8 Å². The molecule has 2 aromatic rings. The van der Waals surface area contributed by atoms with E-state index in [2.05, 4.69) is 35.2 Å². The minimum Gasteiger partial charge on any atom is -0.391 e. The topological polar surface area (TPSA) is 90.1 Å². The number of nitrogens with two attached hydrogens (primary N) is 1. The average Bonchev–Trinajstić information content (AvgIpc) is 2.62. The zero-order valence-electron chi connectivity index (χ0n) is 16.0. The number of nitrogens with one attached hydrogen (secondary N) is 1. The molecule has 0 spiro atoms. The average molecular weight is 366 g/mol. The van der Waals surface area contributed by atoms with Crippen molar-refractivity contribution in [2.45, 2.75) is 45.6 Å². The first-order chi connectivity index (χ1) is 13.0. The van der Waals surface area contributed by atoms with Crippen LogP contribution in [0, 0.1) is 5.92 Å². The lowest BCUT2D eigenvalue weighted by atomic mass is 9.68. The van der Waals surface area contributed by atoms with Gasteiger partial charge in [-0.15, -0.1) is 0 Å². The molecule has 6 nitrogen and oxygen atoms in total. The van der Waals surface area contributed by atoms with Gasteiger partial charge < -0.3 is 10.5 Å². The fourth-order valence-electron chi connectivity index (χ4n) is 3.98. The molecule has 0 aliphatic heterocycles. The molecule has 2 unspecified atom stereocenters. The summed E-state index contributed by atoms with van der Waals surface area (Å²) in [7, 11) is 0. The van der Waals surface area contributed by atoms with Crippen molar-refractivity contribution in [3.8, 4) is 5.88 Å². The highest BCUT2D eigenvalue weighted by atomic mass is 16.6. The molecule has 3 N–H and O–H groups in total. The van der Waals surface area contributed by atoms with Crippen LogP contribution in [0.2, 0.25) is 0 Å². The molecule has 2 atom stereocenters. The van der Waals surface area contributed by atoms with Crippen molar-refractivity contribution in [2.75, 3.05) is 5.32 Å². The number of carbonyl (C=O) groups is 1. The smallest absolute Gasteiger partial charge is 0.391 e. The van der Waals surface area contributed by atoms with E-state index in [1.54, 1.807) is 30.6 Å². The Labute approximate surface area is 159 Å². The molecular weight excluding hydrogens is 340 g/mol. The first-order valence-electron chi connectivity index (χ1n) is 9.32. The highest BCUT2D eigenvalue weighted by Gasteiger charge is 2.40. The summed E-state index contributed by atoms with van der Waals surface area (Å²) in [5, 5.41) is 2.66. The summed E-state index contributed by atoms with van der Waals surface area (Å²) in [6.07, 6.45) is 7.36. The predicted octanol–water partition coefficient (Wildman–Crippen LogP) is 4.18. The second-order valence-corrected chi connectivity index (χ2v) is 6.96. The molecule has 0 saturated heterocycles. The van der Waals surface area contributed by atoms with Crippen molar-refractivity contribution in [1.29, 1.82) is 0 Å². The van der Waals surface area contributed by atoms with Crippen LogP contribution in [0.5, 0.6) is 5.88 Å². The normalized spacial score (nSPS) is 23.0. The standard InChI is InChI=1S/C21H26N4O2/c1-4-10-21(22)16(5-2)14(3)13-18-17(21)6-7-19(25-18)27-20(26)24-15-8-11-23-12-9-15/h5-9,11-12,14H,4,10,13,22H2,1-3H3,(H,23,24,26)/b16-5+. The van der Waals surface area contributed by atoms with E-state index < -0.39 is 11.6 Å². The molecule has 0 aromatic carbocycles. The van der Waals surface area contributed by atoms with E-state index in [9.17, 15) is 4.79 Å². The number of anilines is 1. The first-order valence-corrected chi connectivity index (χ1v) is 9.32. The molecule has 0 radical (unpaired) electrons. The number of amides is 1. The summed E-state index contributed by atoms with van der Waals surface area (Å²) in [4.78, 5) is 20.6. The Kier molecular flexibility index (Phi) is 5.56. The Morgan fingerprint density at radius 2 is 2.11 bits per heavy atom. The molecule has 3 rings (SSSR count). The minimum atomic E-state index is -0.584. The monoisotopic (exact) mass is 366 g/mol. The molecule has 1 aliphatic carbocycles. The maximum atomic E-state index is 12.1. The number of rotatable bonds is 4. The lowest BCUT2D eigenvalue weighted by Gasteiger charge is -2.41. The third kappa shape index (κ3) is 3.85. The van der Waals surface area contributed by atoms with Gasteiger partial charge in [0.2, 0.25) is 5.88 Å². The molecule has 0 saturated carbocycles.